The van der Waals surface area contributed by atoms with Crippen molar-refractivity contribution in [3.05, 3.63) is 60.1 Å². The van der Waals surface area contributed by atoms with E-state index in [9.17, 15) is 14.4 Å². The van der Waals surface area contributed by atoms with Gasteiger partial charge in [-0.3, -0.25) is 24.4 Å². The average Bonchev–Trinajstić information content (AvgIpc) is 2.98. The second-order valence-corrected chi connectivity index (χ2v) is 11.3. The molecule has 0 aliphatic carbocycles. The molecule has 1 saturated heterocycles. The van der Waals surface area contributed by atoms with Crippen molar-refractivity contribution in [3.63, 3.8) is 0 Å². The number of carbonyl (C=O) groups excluding carboxylic acids is 3. The number of nitrogens with zero attached hydrogens (tertiary/aromatic N) is 4. The first-order valence-electron chi connectivity index (χ1n) is 14.1. The number of hydrazine groups is 1. The summed E-state index contributed by atoms with van der Waals surface area (Å²) in [5.74, 6) is -1.24. The van der Waals surface area contributed by atoms with E-state index in [1.54, 1.807) is 13.1 Å². The van der Waals surface area contributed by atoms with E-state index in [1.807, 2.05) is 57.2 Å². The zero-order valence-corrected chi connectivity index (χ0v) is 24.5. The van der Waals surface area contributed by atoms with Crippen LogP contribution in [-0.2, 0) is 19.1 Å². The summed E-state index contributed by atoms with van der Waals surface area (Å²) in [5.41, 5.74) is 11.5. The lowest BCUT2D eigenvalue weighted by atomic mass is 9.88. The molecule has 4 N–H and O–H groups in total. The third-order valence-electron chi connectivity index (χ3n) is 7.70. The Labute approximate surface area is 245 Å². The summed E-state index contributed by atoms with van der Waals surface area (Å²) in [4.78, 5) is 47.3. The topological polar surface area (TPSA) is 163 Å². The van der Waals surface area contributed by atoms with Gasteiger partial charge >= 0.3 is 5.97 Å². The number of fused-ring (bicyclic) bond motifs is 4. The molecule has 12 nitrogen and oxygen atoms in total. The maximum Gasteiger partial charge on any atom is 0.325 e. The summed E-state index contributed by atoms with van der Waals surface area (Å²) in [5, 5.41) is 12.9. The largest absolute Gasteiger partial charge is 0.457 e. The fraction of sp³-hybridized carbons (Fsp3) is 0.467. The van der Waals surface area contributed by atoms with Gasteiger partial charge in [0.25, 0.3) is 5.91 Å². The number of amides is 2. The minimum atomic E-state index is -0.875. The molecule has 5 bridgehead atoms. The maximum atomic E-state index is 13.3. The molecule has 0 spiro atoms. The highest BCUT2D eigenvalue weighted by Crippen LogP contribution is 2.28. The second-order valence-electron chi connectivity index (χ2n) is 11.3. The molecule has 2 aliphatic heterocycles. The second kappa shape index (κ2) is 13.1. The van der Waals surface area contributed by atoms with E-state index in [0.717, 1.165) is 22.0 Å². The fourth-order valence-electron chi connectivity index (χ4n) is 4.87. The summed E-state index contributed by atoms with van der Waals surface area (Å²) in [7, 11) is 0. The predicted octanol–water partition coefficient (Wildman–Crippen LogP) is 3.30. The van der Waals surface area contributed by atoms with Gasteiger partial charge in [0.15, 0.2) is 0 Å². The molecule has 1 aromatic carbocycles. The number of ether oxygens (including phenoxy) is 1. The molecule has 0 radical (unpaired) electrons. The fourth-order valence-corrected chi connectivity index (χ4v) is 4.87. The van der Waals surface area contributed by atoms with E-state index >= 15 is 0 Å². The number of nitrogens with one attached hydrogen (secondary N) is 4. The predicted molar refractivity (Wildman–Crippen MR) is 157 cm³/mol. The van der Waals surface area contributed by atoms with Crippen LogP contribution in [0.4, 0.5) is 0 Å². The van der Waals surface area contributed by atoms with Crippen LogP contribution in [0.5, 0.6) is 0 Å². The lowest BCUT2D eigenvalue weighted by molar-refractivity contribution is -0.157. The Morgan fingerprint density at radius 3 is 2.74 bits per heavy atom. The number of carbonyl (C=O) groups is 3. The molecule has 1 fully saturated rings. The van der Waals surface area contributed by atoms with Crippen molar-refractivity contribution in [2.75, 3.05) is 13.1 Å². The Balaban J connectivity index is 1.69. The van der Waals surface area contributed by atoms with E-state index in [0.29, 0.717) is 25.1 Å². The van der Waals surface area contributed by atoms with Gasteiger partial charge in [-0.2, -0.15) is 0 Å². The first-order chi connectivity index (χ1) is 20.0. The smallest absolute Gasteiger partial charge is 0.325 e. The van der Waals surface area contributed by atoms with Gasteiger partial charge in [0.1, 0.15) is 41.4 Å². The molecule has 42 heavy (non-hydrogen) atoms. The zero-order chi connectivity index (χ0) is 30.4. The number of benzene rings is 1. The molecule has 2 aliphatic rings. The Morgan fingerprint density at radius 2 is 1.98 bits per heavy atom. The van der Waals surface area contributed by atoms with Gasteiger partial charge in [-0.05, 0) is 55.8 Å². The quantitative estimate of drug-likeness (QED) is 0.248. The first kappa shape index (κ1) is 30.5. The van der Waals surface area contributed by atoms with Crippen LogP contribution in [0.1, 0.15) is 64.3 Å². The van der Waals surface area contributed by atoms with Gasteiger partial charge in [-0.1, -0.05) is 38.6 Å². The lowest BCUT2D eigenvalue weighted by Gasteiger charge is -2.35. The summed E-state index contributed by atoms with van der Waals surface area (Å²) in [6.45, 7) is 12.1. The van der Waals surface area contributed by atoms with Crippen molar-refractivity contribution in [3.8, 4) is 0 Å². The SMILES string of the molecule is C=C1N[C@@H](CCN=[N+]=N)C(=O)N[C@@H](C)C(=O)N2CCC[C@H](N2)C(=O)O[C@H](C)c2ccc3cnc(cc3c2)/C=C/C1(C)C. The van der Waals surface area contributed by atoms with E-state index in [-0.39, 0.29) is 18.9 Å². The molecule has 0 unspecified atom stereocenters. The maximum absolute atomic E-state index is 13.3. The molecular weight excluding hydrogens is 536 g/mol. The Bertz CT molecular complexity index is 1450. The summed E-state index contributed by atoms with van der Waals surface area (Å²) >= 11 is 0. The molecule has 0 saturated carbocycles. The van der Waals surface area contributed by atoms with Crippen molar-refractivity contribution >= 4 is 34.6 Å². The molecule has 12 heteroatoms. The van der Waals surface area contributed by atoms with Gasteiger partial charge in [0.05, 0.1) is 5.69 Å². The normalized spacial score (nSPS) is 26.0. The van der Waals surface area contributed by atoms with Gasteiger partial charge in [-0.25, -0.2) is 5.43 Å². The van der Waals surface area contributed by atoms with Crippen molar-refractivity contribution < 1.29 is 19.1 Å². The number of hydrogen-bond acceptors (Lipinski definition) is 9. The number of cyclic esters (lactones) is 1. The van der Waals surface area contributed by atoms with Crippen LogP contribution in [0.3, 0.4) is 0 Å². The molecule has 4 atom stereocenters. The number of hydrogen-bond donors (Lipinski definition) is 4. The molecule has 2 aromatic rings. The van der Waals surface area contributed by atoms with Crippen LogP contribution in [0.15, 0.2) is 53.9 Å². The number of pyridine rings is 1. The van der Waals surface area contributed by atoms with Gasteiger partial charge in [0, 0.05) is 35.7 Å². The van der Waals surface area contributed by atoms with Crippen molar-refractivity contribution in [2.24, 2.45) is 10.5 Å². The van der Waals surface area contributed by atoms with Crippen LogP contribution in [0.2, 0.25) is 0 Å². The number of allylic oxidation sites excluding steroid dienone is 1. The van der Waals surface area contributed by atoms with Crippen LogP contribution in [0.25, 0.3) is 16.8 Å². The van der Waals surface area contributed by atoms with Crippen molar-refractivity contribution in [1.29, 1.82) is 5.53 Å². The zero-order valence-electron chi connectivity index (χ0n) is 24.5. The van der Waals surface area contributed by atoms with E-state index in [4.69, 9.17) is 10.3 Å². The van der Waals surface area contributed by atoms with Crippen molar-refractivity contribution in [2.45, 2.75) is 71.2 Å². The summed E-state index contributed by atoms with van der Waals surface area (Å²) < 4.78 is 5.81. The molecular formula is C30H39N8O4+. The minimum Gasteiger partial charge on any atom is -0.457 e. The van der Waals surface area contributed by atoms with Crippen LogP contribution < -0.4 is 21.0 Å². The van der Waals surface area contributed by atoms with Crippen LogP contribution >= 0.6 is 0 Å². The highest BCUT2D eigenvalue weighted by Gasteiger charge is 2.33. The third-order valence-corrected chi connectivity index (χ3v) is 7.70. The van der Waals surface area contributed by atoms with Crippen LogP contribution in [-0.4, -0.2) is 59.0 Å². The third kappa shape index (κ3) is 7.26. The van der Waals surface area contributed by atoms with E-state index < -0.39 is 41.5 Å². The van der Waals surface area contributed by atoms with Gasteiger partial charge in [-0.15, -0.1) is 0 Å². The van der Waals surface area contributed by atoms with E-state index in [2.05, 4.69) is 37.6 Å². The minimum absolute atomic E-state index is 0.138. The molecule has 4 rings (SSSR count). The number of rotatable bonds is 3. The molecule has 222 valence electrons. The highest BCUT2D eigenvalue weighted by atomic mass is 16.5. The van der Waals surface area contributed by atoms with Crippen molar-refractivity contribution in [1.82, 2.24) is 31.0 Å². The lowest BCUT2D eigenvalue weighted by Crippen LogP contribution is -2.60. The Morgan fingerprint density at radius 1 is 1.19 bits per heavy atom. The van der Waals surface area contributed by atoms with Crippen LogP contribution in [0, 0.1) is 10.9 Å². The molecule has 1 aromatic heterocycles. The number of esters is 1. The Hall–Kier alpha value is -4.41. The molecule has 2 amide bonds. The summed E-state index contributed by atoms with van der Waals surface area (Å²) in [6, 6.07) is 5.47. The van der Waals surface area contributed by atoms with E-state index in [1.165, 1.54) is 5.01 Å². The average molecular weight is 576 g/mol. The number of aromatic nitrogens is 1. The Kier molecular flexibility index (Phi) is 9.49. The monoisotopic (exact) mass is 575 g/mol. The van der Waals surface area contributed by atoms with Gasteiger partial charge in [0.2, 0.25) is 10.8 Å². The highest BCUT2D eigenvalue weighted by molar-refractivity contribution is 5.90. The van der Waals surface area contributed by atoms with Gasteiger partial charge < -0.3 is 15.4 Å². The first-order valence-corrected chi connectivity index (χ1v) is 14.1. The standard InChI is InChI=1S/C30H38N8O4/c1-18-28(40)38-14-6-7-26(36-38)29(41)42-19(2)21-8-9-22-17-32-24(16-23(22)15-21)10-12-30(4,5)20(3)35-25(27(39)34-18)11-13-33-37-31/h8-10,12,15-19,25-26,31,35-36H,3,6-7,11,13-14H2,1-2,4-5H3/p+1/b12-10+/t18-,19+,25-,26-/m0/s1. The summed E-state index contributed by atoms with van der Waals surface area (Å²) in [6.07, 6.45) is 6.50. The molecule has 3 heterocycles.